The zero-order valence-electron chi connectivity index (χ0n) is 64.3. The molecular weight excluding hydrogens is 1350 g/mol. The van der Waals surface area contributed by atoms with Crippen LogP contribution in [0.1, 0.15) is 171 Å². The van der Waals surface area contributed by atoms with Crippen LogP contribution in [0.4, 0.5) is 23.2 Å². The van der Waals surface area contributed by atoms with Crippen molar-refractivity contribution >= 4 is 35.9 Å². The molecule has 0 radical (unpaired) electrons. The zero-order valence-corrected chi connectivity index (χ0v) is 64.3. The summed E-state index contributed by atoms with van der Waals surface area (Å²) in [6.45, 7) is 25.7. The van der Waals surface area contributed by atoms with Crippen molar-refractivity contribution in [1.82, 2.24) is 39.2 Å². The quantitative estimate of drug-likeness (QED) is 0.0834. The fourth-order valence-corrected chi connectivity index (χ4v) is 16.9. The summed E-state index contributed by atoms with van der Waals surface area (Å²) in [5.74, 6) is 1.19. The normalized spacial score (nSPS) is 19.7. The van der Waals surface area contributed by atoms with Gasteiger partial charge in [0.1, 0.15) is 22.8 Å². The number of urea groups is 2. The first-order valence-electron chi connectivity index (χ1n) is 39.0. The molecule has 0 spiro atoms. The molecular formula is C87H116F2N10O8. The number of ether oxygens (including phenoxy) is 1. The highest BCUT2D eigenvalue weighted by atomic mass is 19.1. The van der Waals surface area contributed by atoms with Gasteiger partial charge in [0, 0.05) is 129 Å². The average molecular weight is 1470 g/mol. The third-order valence-electron chi connectivity index (χ3n) is 23.0. The molecule has 6 heterocycles. The van der Waals surface area contributed by atoms with Crippen LogP contribution in [0.5, 0.6) is 0 Å². The summed E-state index contributed by atoms with van der Waals surface area (Å²) in [6, 6.07) is 53.3. The Morgan fingerprint density at radius 3 is 1.28 bits per heavy atom. The molecule has 0 aliphatic carbocycles. The summed E-state index contributed by atoms with van der Waals surface area (Å²) in [5, 5.41) is 12.0. The van der Waals surface area contributed by atoms with Crippen LogP contribution in [0.15, 0.2) is 170 Å². The number of halogens is 2. The minimum Gasteiger partial charge on any atom is -0.444 e. The maximum atomic E-state index is 15.1. The highest BCUT2D eigenvalue weighted by Gasteiger charge is 2.45. The summed E-state index contributed by atoms with van der Waals surface area (Å²) in [4.78, 5) is 91.2. The van der Waals surface area contributed by atoms with Crippen LogP contribution in [0.25, 0.3) is 0 Å². The molecule has 107 heavy (non-hydrogen) atoms. The smallest absolute Gasteiger partial charge is 0.410 e. The first kappa shape index (κ1) is 80.8. The van der Waals surface area contributed by atoms with Crippen molar-refractivity contribution in [3.05, 3.63) is 215 Å². The molecule has 0 saturated carbocycles. The van der Waals surface area contributed by atoms with E-state index in [1.165, 1.54) is 29.3 Å². The fourth-order valence-electron chi connectivity index (χ4n) is 16.9. The number of benzene rings is 6. The number of aliphatic hydroxyl groups is 1. The number of rotatable bonds is 16. The predicted octanol–water partition coefficient (Wildman–Crippen LogP) is 14.1. The molecule has 0 aromatic heterocycles. The lowest BCUT2D eigenvalue weighted by atomic mass is 9.72. The van der Waals surface area contributed by atoms with E-state index in [-0.39, 0.29) is 82.9 Å². The van der Waals surface area contributed by atoms with E-state index >= 15 is 4.39 Å². The van der Waals surface area contributed by atoms with E-state index in [2.05, 4.69) is 110 Å². The van der Waals surface area contributed by atoms with Gasteiger partial charge in [-0.2, -0.15) is 0 Å². The van der Waals surface area contributed by atoms with Gasteiger partial charge in [-0.05, 0) is 153 Å². The van der Waals surface area contributed by atoms with E-state index in [1.54, 1.807) is 39.0 Å². The lowest BCUT2D eigenvalue weighted by Gasteiger charge is -2.50. The number of amides is 8. The molecule has 18 nitrogen and oxygen atoms in total. The Labute approximate surface area is 633 Å². The van der Waals surface area contributed by atoms with Gasteiger partial charge >= 0.3 is 18.2 Å². The van der Waals surface area contributed by atoms with Crippen LogP contribution >= 0.6 is 0 Å². The van der Waals surface area contributed by atoms with Gasteiger partial charge in [-0.3, -0.25) is 24.2 Å². The Balaban J connectivity index is 0.000000173. The summed E-state index contributed by atoms with van der Waals surface area (Å²) < 4.78 is 34.4. The van der Waals surface area contributed by atoms with Crippen LogP contribution in [-0.4, -0.2) is 189 Å². The topological polar surface area (TPSA) is 210 Å². The first-order chi connectivity index (χ1) is 51.1. The average Bonchev–Trinajstić information content (AvgIpc) is 0.774. The second-order valence-corrected chi connectivity index (χ2v) is 32.8. The molecule has 8 amide bonds. The number of piperazine rings is 2. The third-order valence-corrected chi connectivity index (χ3v) is 23.0. The molecule has 12 rings (SSSR count). The zero-order chi connectivity index (χ0) is 76.6. The maximum Gasteiger partial charge on any atom is 0.410 e. The molecule has 6 aliphatic rings. The highest BCUT2D eigenvalue weighted by Crippen LogP contribution is 2.43. The monoisotopic (exact) mass is 1470 g/mol. The van der Waals surface area contributed by atoms with Gasteiger partial charge in [0.05, 0.1) is 12.1 Å². The standard InChI is InChI=1S/C33H45F2N3O3.C28H38N4O2.C26H33N3O3/c1-32(2,3)28-22-37(30(24-11-13-25(34)14-12-24)26-9-7-8-10-27(26)35)19-20-38(28)29(39)21-23-15-17-36(18-16-23)31(40)41-33(4,5)6;1-21(2)25-20-31(27(23-9-5-3-6-10-23)24-11-7-4-8-12-24)17-18-32(25)26(33)19-22-13-15-30(16-14-22)28(29)34;27-25(31)29-15-11-20(12-16-29)19-24(30)28-17-13-23(14-18-28)26(32,21-7-3-1-4-8-21)22-9-5-2-6-10-22/h7-14,23,28,30H,15-22H2,1-6H3;3-12,21-22,25,27H,13-20H2,1-2H3,(H2,29,34);1-10,20,23,32H,11-19H2,(H2,27,31)/t28-,30?;25-;/m11./s1. The number of hydrogen-bond acceptors (Lipinski definition) is 10. The van der Waals surface area contributed by atoms with E-state index < -0.39 is 17.2 Å². The highest BCUT2D eigenvalue weighted by molar-refractivity contribution is 5.78. The largest absolute Gasteiger partial charge is 0.444 e. The molecule has 20 heteroatoms. The summed E-state index contributed by atoms with van der Waals surface area (Å²) in [5.41, 5.74) is 14.7. The Morgan fingerprint density at radius 1 is 0.449 bits per heavy atom. The first-order valence-corrected chi connectivity index (χ1v) is 39.0. The number of primary amides is 2. The molecule has 576 valence electrons. The van der Waals surface area contributed by atoms with Crippen molar-refractivity contribution in [2.75, 3.05) is 91.6 Å². The van der Waals surface area contributed by atoms with E-state index in [4.69, 9.17) is 16.2 Å². The number of carbonyl (C=O) groups is 6. The Hall–Kier alpha value is -8.72. The SMILES string of the molecule is CC(C)(C)OC(=O)N1CCC(CC(=O)N2CCN(C(c3ccc(F)cc3)c3ccccc3F)C[C@@H]2C(C)(C)C)CC1.CC(C)[C@H]1CN(C(c2ccccc2)c2ccccc2)CCN1C(=O)CC1CCN(C(N)=O)CC1.NC(=O)N1CCC(CC(=O)N2CCC(C(O)(c3ccccc3)c3ccccc3)CC2)CC1. The van der Waals surface area contributed by atoms with Gasteiger partial charge in [0.2, 0.25) is 17.7 Å². The van der Waals surface area contributed by atoms with Crippen LogP contribution < -0.4 is 11.5 Å². The van der Waals surface area contributed by atoms with E-state index in [9.17, 15) is 38.3 Å². The van der Waals surface area contributed by atoms with Gasteiger partial charge in [0.15, 0.2) is 0 Å². The predicted molar refractivity (Wildman–Crippen MR) is 415 cm³/mol. The van der Waals surface area contributed by atoms with Crippen LogP contribution in [0.2, 0.25) is 0 Å². The molecule has 3 atom stereocenters. The van der Waals surface area contributed by atoms with Crippen LogP contribution in [-0.2, 0) is 24.7 Å². The maximum absolute atomic E-state index is 15.1. The van der Waals surface area contributed by atoms with Crippen LogP contribution in [0.3, 0.4) is 0 Å². The van der Waals surface area contributed by atoms with Crippen molar-refractivity contribution in [1.29, 1.82) is 0 Å². The number of likely N-dealkylation sites (tertiary alicyclic amines) is 4. The third kappa shape index (κ3) is 21.4. The van der Waals surface area contributed by atoms with Crippen molar-refractivity contribution < 1.29 is 47.4 Å². The number of nitrogens with zero attached hydrogens (tertiary/aromatic N) is 8. The van der Waals surface area contributed by atoms with Gasteiger partial charge in [-0.15, -0.1) is 0 Å². The lowest BCUT2D eigenvalue weighted by molar-refractivity contribution is -0.141. The summed E-state index contributed by atoms with van der Waals surface area (Å²) >= 11 is 0. The minimum absolute atomic E-state index is 0.0372. The lowest BCUT2D eigenvalue weighted by Crippen LogP contribution is -2.60. The van der Waals surface area contributed by atoms with Gasteiger partial charge < -0.3 is 50.7 Å². The second-order valence-electron chi connectivity index (χ2n) is 32.8. The summed E-state index contributed by atoms with van der Waals surface area (Å²) in [7, 11) is 0. The van der Waals surface area contributed by atoms with Crippen molar-refractivity contribution in [3.63, 3.8) is 0 Å². The van der Waals surface area contributed by atoms with Crippen molar-refractivity contribution in [3.8, 4) is 0 Å². The summed E-state index contributed by atoms with van der Waals surface area (Å²) in [6.07, 6.45) is 7.65. The Morgan fingerprint density at radius 2 is 0.841 bits per heavy atom. The van der Waals surface area contributed by atoms with E-state index in [0.29, 0.717) is 115 Å². The number of nitrogens with two attached hydrogens (primary N) is 2. The molecule has 6 aromatic carbocycles. The van der Waals surface area contributed by atoms with Gasteiger partial charge in [0.25, 0.3) is 0 Å². The van der Waals surface area contributed by atoms with Gasteiger partial charge in [-0.1, -0.05) is 186 Å². The fraction of sp³-hybridized carbons (Fsp3) is 0.517. The molecule has 0 bridgehead atoms. The second kappa shape index (κ2) is 36.9. The van der Waals surface area contributed by atoms with E-state index in [0.717, 1.165) is 87.7 Å². The molecule has 5 N–H and O–H groups in total. The number of carbonyl (C=O) groups excluding carboxylic acids is 6. The minimum atomic E-state index is -1.07. The molecule has 6 aromatic rings. The Bertz CT molecular complexity index is 3750. The number of piperidine rings is 4. The molecule has 6 aliphatic heterocycles. The van der Waals surface area contributed by atoms with Gasteiger partial charge in [-0.25, -0.2) is 23.2 Å². The molecule has 6 fully saturated rings. The molecule has 6 saturated heterocycles. The number of hydrogen-bond donors (Lipinski definition) is 3. The van der Waals surface area contributed by atoms with Crippen molar-refractivity contribution in [2.24, 2.45) is 46.5 Å². The van der Waals surface area contributed by atoms with Crippen LogP contribution in [0, 0.1) is 46.6 Å². The van der Waals surface area contributed by atoms with E-state index in [1.807, 2.05) is 97.3 Å². The van der Waals surface area contributed by atoms with Crippen molar-refractivity contribution in [2.45, 2.75) is 161 Å². The molecule has 1 unspecified atom stereocenters. The Kier molecular flexibility index (Phi) is 27.9.